The van der Waals surface area contributed by atoms with E-state index in [4.69, 9.17) is 9.26 Å². The maximum absolute atomic E-state index is 12.6. The second-order valence-corrected chi connectivity index (χ2v) is 11.1. The second kappa shape index (κ2) is 10.7. The fraction of sp³-hybridized carbons (Fsp3) is 0.385. The van der Waals surface area contributed by atoms with E-state index >= 15 is 0 Å². The summed E-state index contributed by atoms with van der Waals surface area (Å²) >= 11 is 0. The van der Waals surface area contributed by atoms with E-state index in [0.717, 1.165) is 29.5 Å². The molecule has 1 aliphatic rings. The van der Waals surface area contributed by atoms with Gasteiger partial charge in [-0.2, -0.15) is 10.2 Å². The third-order valence-corrected chi connectivity index (χ3v) is 7.29. The molecule has 4 rings (SSSR count). The number of nitrogens with zero attached hydrogens (tertiary/aromatic N) is 4. The monoisotopic (exact) mass is 523 g/mol. The minimum Gasteiger partial charge on any atom is -0.490 e. The van der Waals surface area contributed by atoms with Gasteiger partial charge in [0.05, 0.1) is 11.7 Å². The number of hydrogen-bond donors (Lipinski definition) is 1. The fourth-order valence-corrected chi connectivity index (χ4v) is 5.63. The Bertz CT molecular complexity index is 1460. The quantitative estimate of drug-likeness (QED) is 0.474. The zero-order chi connectivity index (χ0) is 26.7. The average molecular weight is 524 g/mol. The average Bonchev–Trinajstić information content (AvgIpc) is 3.33. The zero-order valence-electron chi connectivity index (χ0n) is 21.2. The van der Waals surface area contributed by atoms with Gasteiger partial charge in [-0.3, -0.25) is 4.79 Å². The highest BCUT2D eigenvalue weighted by molar-refractivity contribution is 7.90. The summed E-state index contributed by atoms with van der Waals surface area (Å²) in [6, 6.07) is 12.4. The maximum atomic E-state index is 12.6. The van der Waals surface area contributed by atoms with Crippen LogP contribution in [0.25, 0.3) is 22.8 Å². The van der Waals surface area contributed by atoms with Crippen LogP contribution in [0.1, 0.15) is 49.4 Å². The van der Waals surface area contributed by atoms with Crippen LogP contribution in [0.5, 0.6) is 5.75 Å². The first-order valence-corrected chi connectivity index (χ1v) is 13.6. The SMILES string of the molecule is CC(C)Oc1ccc(-c2nc(-c3cccc4c3CCC[C@@H]4NS(=O)(=O)CC(=O)N(C)C)no2)cc1C#N. The molecule has 1 atom stereocenters. The van der Waals surface area contributed by atoms with E-state index in [2.05, 4.69) is 20.9 Å². The van der Waals surface area contributed by atoms with Crippen LogP contribution in [0, 0.1) is 11.3 Å². The minimum atomic E-state index is -3.82. The molecule has 0 unspecified atom stereocenters. The van der Waals surface area contributed by atoms with Gasteiger partial charge < -0.3 is 14.2 Å². The van der Waals surface area contributed by atoms with Gasteiger partial charge in [0, 0.05) is 31.3 Å². The highest BCUT2D eigenvalue weighted by Crippen LogP contribution is 2.36. The molecule has 1 heterocycles. The number of nitrogens with one attached hydrogen (secondary N) is 1. The number of sulfonamides is 1. The number of nitriles is 1. The third-order valence-electron chi connectivity index (χ3n) is 6.02. The summed E-state index contributed by atoms with van der Waals surface area (Å²) in [7, 11) is -0.779. The number of carbonyl (C=O) groups is 1. The van der Waals surface area contributed by atoms with Crippen LogP contribution in [0.4, 0.5) is 0 Å². The Labute approximate surface area is 216 Å². The molecule has 0 bridgehead atoms. The lowest BCUT2D eigenvalue weighted by Gasteiger charge is -2.27. The Morgan fingerprint density at radius 3 is 2.78 bits per heavy atom. The van der Waals surface area contributed by atoms with E-state index < -0.39 is 27.7 Å². The minimum absolute atomic E-state index is 0.0704. The summed E-state index contributed by atoms with van der Waals surface area (Å²) in [4.78, 5) is 17.8. The first-order valence-electron chi connectivity index (χ1n) is 11.9. The van der Waals surface area contributed by atoms with Crippen molar-refractivity contribution in [1.82, 2.24) is 19.8 Å². The first-order chi connectivity index (χ1) is 17.6. The van der Waals surface area contributed by atoms with E-state index in [9.17, 15) is 18.5 Å². The molecular formula is C26H29N5O5S. The van der Waals surface area contributed by atoms with Crippen molar-refractivity contribution < 1.29 is 22.5 Å². The van der Waals surface area contributed by atoms with E-state index in [1.54, 1.807) is 18.2 Å². The van der Waals surface area contributed by atoms with Crippen molar-refractivity contribution in [2.24, 2.45) is 0 Å². The van der Waals surface area contributed by atoms with Crippen LogP contribution in [-0.4, -0.2) is 55.3 Å². The van der Waals surface area contributed by atoms with Crippen LogP contribution in [-0.2, 0) is 21.2 Å². The van der Waals surface area contributed by atoms with E-state index in [1.807, 2.05) is 32.0 Å². The molecule has 1 aliphatic carbocycles. The van der Waals surface area contributed by atoms with E-state index in [-0.39, 0.29) is 12.0 Å². The Balaban J connectivity index is 1.62. The molecule has 0 aliphatic heterocycles. The van der Waals surface area contributed by atoms with Gasteiger partial charge in [-0.25, -0.2) is 13.1 Å². The van der Waals surface area contributed by atoms with Crippen LogP contribution in [0.3, 0.4) is 0 Å². The fourth-order valence-electron chi connectivity index (χ4n) is 4.29. The molecule has 37 heavy (non-hydrogen) atoms. The Kier molecular flexibility index (Phi) is 7.61. The number of hydrogen-bond acceptors (Lipinski definition) is 8. The molecule has 11 heteroatoms. The molecule has 1 aromatic heterocycles. The molecule has 3 aromatic rings. The summed E-state index contributed by atoms with van der Waals surface area (Å²) in [6.07, 6.45) is 2.03. The zero-order valence-corrected chi connectivity index (χ0v) is 22.0. The molecule has 0 saturated heterocycles. The van der Waals surface area contributed by atoms with Crippen molar-refractivity contribution >= 4 is 15.9 Å². The van der Waals surface area contributed by atoms with Crippen LogP contribution < -0.4 is 9.46 Å². The van der Waals surface area contributed by atoms with Gasteiger partial charge in [-0.15, -0.1) is 0 Å². The summed E-state index contributed by atoms with van der Waals surface area (Å²) in [5.41, 5.74) is 3.48. The highest BCUT2D eigenvalue weighted by atomic mass is 32.2. The molecule has 194 valence electrons. The third kappa shape index (κ3) is 5.98. The van der Waals surface area contributed by atoms with Gasteiger partial charge in [-0.1, -0.05) is 23.4 Å². The summed E-state index contributed by atoms with van der Waals surface area (Å²) in [5.74, 6) is 0.0271. The van der Waals surface area contributed by atoms with Gasteiger partial charge in [0.25, 0.3) is 5.89 Å². The number of carbonyl (C=O) groups excluding carboxylic acids is 1. The molecule has 10 nitrogen and oxygen atoms in total. The number of ether oxygens (including phenoxy) is 1. The molecule has 1 amide bonds. The van der Waals surface area contributed by atoms with Crippen LogP contribution in [0.2, 0.25) is 0 Å². The van der Waals surface area contributed by atoms with Crippen molar-refractivity contribution in [2.75, 3.05) is 19.8 Å². The predicted octanol–water partition coefficient (Wildman–Crippen LogP) is 3.45. The van der Waals surface area contributed by atoms with Crippen molar-refractivity contribution in [2.45, 2.75) is 45.3 Å². The van der Waals surface area contributed by atoms with Crippen molar-refractivity contribution in [1.29, 1.82) is 5.26 Å². The first kappa shape index (κ1) is 26.3. The number of aromatic nitrogens is 2. The predicted molar refractivity (Wildman–Crippen MR) is 137 cm³/mol. The molecular weight excluding hydrogens is 494 g/mol. The highest BCUT2D eigenvalue weighted by Gasteiger charge is 2.29. The molecule has 1 N–H and O–H groups in total. The lowest BCUT2D eigenvalue weighted by molar-refractivity contribution is -0.125. The van der Waals surface area contributed by atoms with E-state index in [1.165, 1.54) is 19.0 Å². The number of fused-ring (bicyclic) bond motifs is 1. The number of benzene rings is 2. The summed E-state index contributed by atoms with van der Waals surface area (Å²) in [5, 5.41) is 13.7. The van der Waals surface area contributed by atoms with Gasteiger partial charge in [-0.05, 0) is 62.4 Å². The van der Waals surface area contributed by atoms with Gasteiger partial charge in [0.2, 0.25) is 21.8 Å². The largest absolute Gasteiger partial charge is 0.490 e. The molecule has 0 radical (unpaired) electrons. The van der Waals surface area contributed by atoms with E-state index in [0.29, 0.717) is 29.1 Å². The lowest BCUT2D eigenvalue weighted by Crippen LogP contribution is -2.38. The van der Waals surface area contributed by atoms with Gasteiger partial charge >= 0.3 is 0 Å². The molecule has 0 spiro atoms. The number of amides is 1. The smallest absolute Gasteiger partial charge is 0.258 e. The molecule has 2 aromatic carbocycles. The Morgan fingerprint density at radius 1 is 1.30 bits per heavy atom. The summed E-state index contributed by atoms with van der Waals surface area (Å²) in [6.45, 7) is 3.78. The Morgan fingerprint density at radius 2 is 2.08 bits per heavy atom. The van der Waals surface area contributed by atoms with Crippen LogP contribution in [0.15, 0.2) is 40.9 Å². The van der Waals surface area contributed by atoms with Gasteiger partial charge in [0.1, 0.15) is 17.6 Å². The van der Waals surface area contributed by atoms with Crippen molar-refractivity contribution in [3.05, 3.63) is 53.1 Å². The standard InChI is InChI=1S/C26H29N5O5S/c1-16(2)35-23-12-11-17(13-18(23)14-27)26-28-25(29-36-26)21-9-5-8-20-19(21)7-6-10-22(20)30-37(33,34)15-24(32)31(3)4/h5,8-9,11-13,16,22,30H,6-7,10,15H2,1-4H3/t22-/m0/s1. The topological polar surface area (TPSA) is 138 Å². The second-order valence-electron chi connectivity index (χ2n) is 9.40. The normalized spacial score (nSPS) is 15.2. The maximum Gasteiger partial charge on any atom is 0.258 e. The molecule has 0 saturated carbocycles. The molecule has 0 fully saturated rings. The van der Waals surface area contributed by atoms with Gasteiger partial charge in [0.15, 0.2) is 0 Å². The van der Waals surface area contributed by atoms with Crippen molar-refractivity contribution in [3.8, 4) is 34.7 Å². The van der Waals surface area contributed by atoms with Crippen LogP contribution >= 0.6 is 0 Å². The lowest BCUT2D eigenvalue weighted by atomic mass is 9.85. The Hall–Kier alpha value is -3.75. The summed E-state index contributed by atoms with van der Waals surface area (Å²) < 4.78 is 39.2. The number of rotatable bonds is 8. The van der Waals surface area contributed by atoms with Crippen molar-refractivity contribution in [3.63, 3.8) is 0 Å².